The lowest BCUT2D eigenvalue weighted by Gasteiger charge is -2.41. The molecule has 3 aliphatic rings. The Balaban J connectivity index is 1.78. The largest absolute Gasteiger partial charge is 0.508 e. The van der Waals surface area contributed by atoms with E-state index in [0.29, 0.717) is 11.1 Å². The fourth-order valence-electron chi connectivity index (χ4n) is 5.84. The average Bonchev–Trinajstić information content (AvgIpc) is 3.14. The van der Waals surface area contributed by atoms with Crippen molar-refractivity contribution in [2.45, 2.75) is 51.8 Å². The lowest BCUT2D eigenvalue weighted by Crippen LogP contribution is -2.48. The van der Waals surface area contributed by atoms with Crippen molar-refractivity contribution in [3.05, 3.63) is 46.6 Å². The SMILES string of the molecule is CC(C)c1cc(C2(C)ON=C(C(=O)NCC(F)(F)F)C2C2C=CC3=C(CCN(C)C3)C2C)c(O)cc1O. The molecule has 202 valence electrons. The van der Waals surface area contributed by atoms with Gasteiger partial charge in [0, 0.05) is 24.7 Å². The molecule has 0 spiro atoms. The van der Waals surface area contributed by atoms with E-state index < -0.39 is 30.1 Å². The second kappa shape index (κ2) is 9.70. The Kier molecular flexibility index (Phi) is 7.09. The summed E-state index contributed by atoms with van der Waals surface area (Å²) in [5.74, 6) is -2.53. The van der Waals surface area contributed by atoms with E-state index >= 15 is 0 Å². The predicted molar refractivity (Wildman–Crippen MR) is 133 cm³/mol. The third kappa shape index (κ3) is 5.08. The highest BCUT2D eigenvalue weighted by molar-refractivity contribution is 6.40. The van der Waals surface area contributed by atoms with Crippen molar-refractivity contribution >= 4 is 11.6 Å². The first-order chi connectivity index (χ1) is 17.2. The number of carbonyl (C=O) groups excluding carboxylic acids is 1. The first kappa shape index (κ1) is 27.0. The van der Waals surface area contributed by atoms with Crippen molar-refractivity contribution in [2.75, 3.05) is 26.7 Å². The highest BCUT2D eigenvalue weighted by Gasteiger charge is 2.55. The number of nitrogens with one attached hydrogen (secondary N) is 1. The van der Waals surface area contributed by atoms with Crippen LogP contribution in [0.15, 0.2) is 40.6 Å². The van der Waals surface area contributed by atoms with Crippen LogP contribution in [0.3, 0.4) is 0 Å². The van der Waals surface area contributed by atoms with Gasteiger partial charge in [0.25, 0.3) is 5.91 Å². The maximum atomic E-state index is 13.0. The molecule has 2 aliphatic heterocycles. The topological polar surface area (TPSA) is 94.4 Å². The van der Waals surface area contributed by atoms with Crippen LogP contribution in [-0.2, 0) is 15.2 Å². The standard InChI is InChI=1S/C27H34F3N3O4/c1-14(2)19-10-20(22(35)11-21(19)34)26(4)23(24(32-37-26)25(36)31-13-27(28,29)30)18-7-6-16-12-33(5)9-8-17(16)15(18)3/h6-7,10-11,14-15,18,23,34-35H,8-9,12-13H2,1-5H3,(H,31,36). The summed E-state index contributed by atoms with van der Waals surface area (Å²) < 4.78 is 38.7. The third-order valence-electron chi connectivity index (χ3n) is 7.85. The Bertz CT molecular complexity index is 1170. The lowest BCUT2D eigenvalue weighted by molar-refractivity contribution is -0.135. The van der Waals surface area contributed by atoms with E-state index in [1.165, 1.54) is 17.2 Å². The smallest absolute Gasteiger partial charge is 0.405 e. The second-order valence-electron chi connectivity index (χ2n) is 10.8. The molecule has 1 aromatic carbocycles. The number of nitrogens with zero attached hydrogens (tertiary/aromatic N) is 2. The molecule has 7 nitrogen and oxygen atoms in total. The fraction of sp³-hybridized carbons (Fsp3) is 0.556. The number of rotatable bonds is 5. The Morgan fingerprint density at radius 2 is 2.00 bits per heavy atom. The van der Waals surface area contributed by atoms with Gasteiger partial charge in [-0.25, -0.2) is 0 Å². The molecule has 2 heterocycles. The molecular weight excluding hydrogens is 487 g/mol. The molecule has 3 N–H and O–H groups in total. The van der Waals surface area contributed by atoms with E-state index in [9.17, 15) is 28.2 Å². The zero-order valence-electron chi connectivity index (χ0n) is 21.7. The van der Waals surface area contributed by atoms with Crippen LogP contribution in [0, 0.1) is 17.8 Å². The number of hydrogen-bond acceptors (Lipinski definition) is 6. The number of aromatic hydroxyl groups is 2. The van der Waals surface area contributed by atoms with Gasteiger partial charge in [-0.2, -0.15) is 13.2 Å². The maximum Gasteiger partial charge on any atom is 0.405 e. The second-order valence-corrected chi connectivity index (χ2v) is 10.8. The van der Waals surface area contributed by atoms with Crippen LogP contribution in [0.5, 0.6) is 11.5 Å². The van der Waals surface area contributed by atoms with Gasteiger partial charge in [-0.05, 0) is 55.3 Å². The summed E-state index contributed by atoms with van der Waals surface area (Å²) >= 11 is 0. The van der Waals surface area contributed by atoms with E-state index in [1.807, 2.05) is 38.4 Å². The fourth-order valence-corrected chi connectivity index (χ4v) is 5.84. The molecule has 4 unspecified atom stereocenters. The molecule has 4 atom stereocenters. The molecule has 1 aliphatic carbocycles. The van der Waals surface area contributed by atoms with Crippen molar-refractivity contribution in [3.63, 3.8) is 0 Å². The average molecular weight is 522 g/mol. The van der Waals surface area contributed by atoms with Crippen LogP contribution in [-0.4, -0.2) is 59.6 Å². The summed E-state index contributed by atoms with van der Waals surface area (Å²) in [6, 6.07) is 2.86. The molecular formula is C27H34F3N3O4. The van der Waals surface area contributed by atoms with Crippen LogP contribution >= 0.6 is 0 Å². The predicted octanol–water partition coefficient (Wildman–Crippen LogP) is 4.57. The summed E-state index contributed by atoms with van der Waals surface area (Å²) in [7, 11) is 2.05. The number of phenolic OH excluding ortho intramolecular Hbond substituents is 2. The van der Waals surface area contributed by atoms with Gasteiger partial charge < -0.3 is 25.3 Å². The van der Waals surface area contributed by atoms with Crippen molar-refractivity contribution in [2.24, 2.45) is 22.9 Å². The molecule has 0 fully saturated rings. The maximum absolute atomic E-state index is 13.0. The lowest BCUT2D eigenvalue weighted by atomic mass is 9.64. The van der Waals surface area contributed by atoms with Crippen molar-refractivity contribution in [3.8, 4) is 11.5 Å². The minimum absolute atomic E-state index is 0.0378. The number of likely N-dealkylation sites (N-methyl/N-ethyl adjacent to an activating group) is 1. The van der Waals surface area contributed by atoms with Gasteiger partial charge in [-0.3, -0.25) is 4.79 Å². The van der Waals surface area contributed by atoms with Crippen molar-refractivity contribution in [1.29, 1.82) is 0 Å². The number of benzene rings is 1. The minimum atomic E-state index is -4.58. The van der Waals surface area contributed by atoms with E-state index in [-0.39, 0.29) is 35.0 Å². The van der Waals surface area contributed by atoms with Crippen LogP contribution in [0.25, 0.3) is 0 Å². The molecule has 1 amide bonds. The summed E-state index contributed by atoms with van der Waals surface area (Å²) in [6.07, 6.45) is 0.262. The Labute approximate surface area is 214 Å². The summed E-state index contributed by atoms with van der Waals surface area (Å²) in [4.78, 5) is 21.1. The first-order valence-electron chi connectivity index (χ1n) is 12.5. The zero-order chi connectivity index (χ0) is 27.3. The van der Waals surface area contributed by atoms with E-state index in [1.54, 1.807) is 13.0 Å². The molecule has 1 aromatic rings. The quantitative estimate of drug-likeness (QED) is 0.528. The zero-order valence-corrected chi connectivity index (χ0v) is 21.7. The van der Waals surface area contributed by atoms with Gasteiger partial charge in [-0.1, -0.05) is 43.7 Å². The van der Waals surface area contributed by atoms with E-state index in [2.05, 4.69) is 17.0 Å². The highest BCUT2D eigenvalue weighted by atomic mass is 19.4. The molecule has 0 saturated carbocycles. The molecule has 0 saturated heterocycles. The summed E-state index contributed by atoms with van der Waals surface area (Å²) in [5.41, 5.74) is 1.80. The number of hydrogen-bond donors (Lipinski definition) is 3. The van der Waals surface area contributed by atoms with Gasteiger partial charge >= 0.3 is 6.18 Å². The third-order valence-corrected chi connectivity index (χ3v) is 7.85. The summed E-state index contributed by atoms with van der Waals surface area (Å²) in [5, 5.41) is 27.2. The molecule has 37 heavy (non-hydrogen) atoms. The van der Waals surface area contributed by atoms with Crippen molar-refractivity contribution in [1.82, 2.24) is 10.2 Å². The Morgan fingerprint density at radius 1 is 1.30 bits per heavy atom. The monoisotopic (exact) mass is 521 g/mol. The normalized spacial score (nSPS) is 28.2. The number of halogens is 3. The molecule has 0 radical (unpaired) electrons. The van der Waals surface area contributed by atoms with Gasteiger partial charge in [0.2, 0.25) is 0 Å². The number of amides is 1. The Hall–Kier alpha value is -3.01. The van der Waals surface area contributed by atoms with Gasteiger partial charge in [0.15, 0.2) is 11.3 Å². The highest BCUT2D eigenvalue weighted by Crippen LogP contribution is 2.52. The number of phenols is 2. The van der Waals surface area contributed by atoms with Crippen LogP contribution < -0.4 is 5.32 Å². The summed E-state index contributed by atoms with van der Waals surface area (Å²) in [6.45, 7) is 7.69. The molecule has 10 heteroatoms. The van der Waals surface area contributed by atoms with Crippen LogP contribution in [0.1, 0.15) is 51.2 Å². The van der Waals surface area contributed by atoms with Gasteiger partial charge in [-0.15, -0.1) is 0 Å². The number of carbonyl (C=O) groups is 1. The molecule has 0 aromatic heterocycles. The number of allylic oxidation sites excluding steroid dienone is 1. The number of oxime groups is 1. The number of alkyl halides is 3. The van der Waals surface area contributed by atoms with Crippen LogP contribution in [0.2, 0.25) is 0 Å². The van der Waals surface area contributed by atoms with Gasteiger partial charge in [0.1, 0.15) is 18.0 Å². The van der Waals surface area contributed by atoms with Gasteiger partial charge in [0.05, 0.1) is 5.92 Å². The molecule has 4 rings (SSSR count). The van der Waals surface area contributed by atoms with Crippen LogP contribution in [0.4, 0.5) is 13.2 Å². The van der Waals surface area contributed by atoms with Crippen molar-refractivity contribution < 1.29 is 33.0 Å². The van der Waals surface area contributed by atoms with E-state index in [0.717, 1.165) is 19.5 Å². The first-order valence-corrected chi connectivity index (χ1v) is 12.5. The minimum Gasteiger partial charge on any atom is -0.508 e. The molecule has 0 bridgehead atoms. The van der Waals surface area contributed by atoms with E-state index in [4.69, 9.17) is 4.84 Å². The Morgan fingerprint density at radius 3 is 2.65 bits per heavy atom.